The van der Waals surface area contributed by atoms with Crippen LogP contribution in [0.2, 0.25) is 0 Å². The van der Waals surface area contributed by atoms with Crippen LogP contribution in [0.3, 0.4) is 0 Å². The summed E-state index contributed by atoms with van der Waals surface area (Å²) in [5.74, 6) is 0.295. The van der Waals surface area contributed by atoms with Crippen LogP contribution in [-0.4, -0.2) is 47.4 Å². The Morgan fingerprint density at radius 3 is 2.16 bits per heavy atom. The second-order valence-corrected chi connectivity index (χ2v) is 8.16. The number of benzene rings is 3. The maximum Gasteiger partial charge on any atom is 0.127 e. The average Bonchev–Trinajstić information content (AvgIpc) is 3.15. The summed E-state index contributed by atoms with van der Waals surface area (Å²) in [6.45, 7) is 7.39. The van der Waals surface area contributed by atoms with E-state index in [-0.39, 0.29) is 0 Å². The second-order valence-electron chi connectivity index (χ2n) is 8.16. The number of fused-ring (bicyclic) bond motifs is 3. The molecule has 2 aliphatic rings. The van der Waals surface area contributed by atoms with Gasteiger partial charge in [-0.15, -0.1) is 6.58 Å². The van der Waals surface area contributed by atoms with Crippen molar-refractivity contribution in [1.29, 1.82) is 0 Å². The fourth-order valence-corrected chi connectivity index (χ4v) is 4.79. The minimum Gasteiger partial charge on any atom is -0.507 e. The van der Waals surface area contributed by atoms with Crippen LogP contribution in [0.5, 0.6) is 5.75 Å². The first-order valence-corrected chi connectivity index (χ1v) is 10.9. The SMILES string of the molecule is C=CCc1cccc(C=NN2CCN(C3c4ccccc4-c4ccccc43)CC2)c1O. The van der Waals surface area contributed by atoms with Gasteiger partial charge in [-0.3, -0.25) is 9.91 Å². The lowest BCUT2D eigenvalue weighted by molar-refractivity contribution is 0.114. The van der Waals surface area contributed by atoms with E-state index >= 15 is 0 Å². The molecule has 0 amide bonds. The van der Waals surface area contributed by atoms with Gasteiger partial charge in [-0.25, -0.2) is 0 Å². The predicted molar refractivity (Wildman–Crippen MR) is 126 cm³/mol. The first-order valence-electron chi connectivity index (χ1n) is 10.9. The standard InChI is InChI=1S/C27H27N3O/c1-2-8-20-9-7-10-21(27(20)31)19-28-30-17-15-29(16-18-30)26-24-13-5-3-11-22(24)23-12-4-6-14-25(23)26/h2-7,9-14,19,26,31H,1,8,15-18H2. The number of nitrogens with zero attached hydrogens (tertiary/aromatic N) is 3. The van der Waals surface area contributed by atoms with Crippen molar-refractivity contribution in [3.05, 3.63) is 102 Å². The van der Waals surface area contributed by atoms with Crippen LogP contribution < -0.4 is 0 Å². The van der Waals surface area contributed by atoms with Crippen molar-refractivity contribution in [3.8, 4) is 16.9 Å². The van der Waals surface area contributed by atoms with Gasteiger partial charge in [0.2, 0.25) is 0 Å². The predicted octanol–water partition coefficient (Wildman–Crippen LogP) is 4.84. The lowest BCUT2D eigenvalue weighted by Gasteiger charge is -2.37. The molecule has 0 spiro atoms. The van der Waals surface area contributed by atoms with Gasteiger partial charge in [0.1, 0.15) is 5.75 Å². The molecule has 31 heavy (non-hydrogen) atoms. The van der Waals surface area contributed by atoms with E-state index in [1.165, 1.54) is 22.3 Å². The largest absolute Gasteiger partial charge is 0.507 e. The molecule has 156 valence electrons. The molecule has 3 aromatic carbocycles. The van der Waals surface area contributed by atoms with E-state index in [9.17, 15) is 5.11 Å². The van der Waals surface area contributed by atoms with Crippen LogP contribution in [-0.2, 0) is 6.42 Å². The van der Waals surface area contributed by atoms with Gasteiger partial charge in [0.25, 0.3) is 0 Å². The van der Waals surface area contributed by atoms with Crippen molar-refractivity contribution in [2.45, 2.75) is 12.5 Å². The van der Waals surface area contributed by atoms with E-state index in [0.29, 0.717) is 18.2 Å². The molecule has 0 bridgehead atoms. The monoisotopic (exact) mass is 409 g/mol. The molecule has 1 aliphatic heterocycles. The van der Waals surface area contributed by atoms with Gasteiger partial charge < -0.3 is 5.11 Å². The highest BCUT2D eigenvalue weighted by atomic mass is 16.3. The first-order chi connectivity index (χ1) is 15.3. The van der Waals surface area contributed by atoms with E-state index < -0.39 is 0 Å². The summed E-state index contributed by atoms with van der Waals surface area (Å²) in [6, 6.07) is 23.6. The number of piperazine rings is 1. The van der Waals surface area contributed by atoms with Crippen molar-refractivity contribution >= 4 is 6.21 Å². The van der Waals surface area contributed by atoms with Crippen LogP contribution in [0, 0.1) is 0 Å². The number of hydrazone groups is 1. The zero-order chi connectivity index (χ0) is 21.2. The van der Waals surface area contributed by atoms with Crippen LogP contribution in [0.25, 0.3) is 11.1 Å². The van der Waals surface area contributed by atoms with Crippen LogP contribution in [0.1, 0.15) is 28.3 Å². The zero-order valence-electron chi connectivity index (χ0n) is 17.6. The van der Waals surface area contributed by atoms with Gasteiger partial charge in [-0.05, 0) is 40.3 Å². The van der Waals surface area contributed by atoms with Crippen LogP contribution >= 0.6 is 0 Å². The van der Waals surface area contributed by atoms with E-state index in [2.05, 4.69) is 70.1 Å². The Bertz CT molecular complexity index is 1080. The number of hydrogen-bond donors (Lipinski definition) is 1. The van der Waals surface area contributed by atoms with E-state index in [1.807, 2.05) is 18.2 Å². The fraction of sp³-hybridized carbons (Fsp3) is 0.222. The number of phenolic OH excluding ortho intramolecular Hbond substituents is 1. The van der Waals surface area contributed by atoms with Crippen LogP contribution in [0.4, 0.5) is 0 Å². The molecule has 1 fully saturated rings. The normalized spacial score (nSPS) is 16.5. The highest BCUT2D eigenvalue weighted by Crippen LogP contribution is 2.46. The molecule has 1 heterocycles. The number of rotatable bonds is 5. The summed E-state index contributed by atoms with van der Waals surface area (Å²) in [4.78, 5) is 2.57. The van der Waals surface area contributed by atoms with E-state index in [0.717, 1.165) is 37.3 Å². The minimum atomic E-state index is 0.295. The molecule has 3 aromatic rings. The molecule has 0 unspecified atom stereocenters. The van der Waals surface area contributed by atoms with Gasteiger partial charge >= 0.3 is 0 Å². The highest BCUT2D eigenvalue weighted by molar-refractivity contribution is 5.84. The maximum atomic E-state index is 10.5. The van der Waals surface area contributed by atoms with Gasteiger partial charge in [0.15, 0.2) is 0 Å². The second kappa shape index (κ2) is 8.40. The van der Waals surface area contributed by atoms with Crippen molar-refractivity contribution in [3.63, 3.8) is 0 Å². The fourth-order valence-electron chi connectivity index (χ4n) is 4.79. The number of allylic oxidation sites excluding steroid dienone is 1. The molecule has 0 saturated carbocycles. The molecule has 0 atom stereocenters. The Kier molecular flexibility index (Phi) is 5.31. The Balaban J connectivity index is 1.30. The summed E-state index contributed by atoms with van der Waals surface area (Å²) >= 11 is 0. The highest BCUT2D eigenvalue weighted by Gasteiger charge is 2.33. The number of hydrogen-bond acceptors (Lipinski definition) is 4. The lowest BCUT2D eigenvalue weighted by Crippen LogP contribution is -2.45. The zero-order valence-corrected chi connectivity index (χ0v) is 17.6. The summed E-state index contributed by atoms with van der Waals surface area (Å²) in [5, 5.41) is 17.2. The molecular weight excluding hydrogens is 382 g/mol. The Hall–Kier alpha value is -3.37. The third-order valence-electron chi connectivity index (χ3n) is 6.33. The van der Waals surface area contributed by atoms with Crippen molar-refractivity contribution in [2.75, 3.05) is 26.2 Å². The van der Waals surface area contributed by atoms with Crippen LogP contribution in [0.15, 0.2) is 84.5 Å². The van der Waals surface area contributed by atoms with Gasteiger partial charge in [0.05, 0.1) is 12.3 Å². The molecule has 4 nitrogen and oxygen atoms in total. The minimum absolute atomic E-state index is 0.295. The lowest BCUT2D eigenvalue weighted by atomic mass is 10.0. The van der Waals surface area contributed by atoms with Crippen molar-refractivity contribution in [1.82, 2.24) is 9.91 Å². The third-order valence-corrected chi connectivity index (χ3v) is 6.33. The quantitative estimate of drug-likeness (QED) is 0.484. The van der Waals surface area contributed by atoms with Gasteiger partial charge in [0, 0.05) is 31.7 Å². The first kappa shape index (κ1) is 19.6. The molecular formula is C27H27N3O. The molecule has 5 rings (SSSR count). The van der Waals surface area contributed by atoms with E-state index in [1.54, 1.807) is 12.3 Å². The topological polar surface area (TPSA) is 39.1 Å². The number of aromatic hydroxyl groups is 1. The average molecular weight is 410 g/mol. The number of phenols is 1. The number of para-hydroxylation sites is 1. The van der Waals surface area contributed by atoms with E-state index in [4.69, 9.17) is 0 Å². The van der Waals surface area contributed by atoms with Gasteiger partial charge in [-0.1, -0.05) is 66.7 Å². The molecule has 1 saturated heterocycles. The van der Waals surface area contributed by atoms with Gasteiger partial charge in [-0.2, -0.15) is 5.10 Å². The summed E-state index contributed by atoms with van der Waals surface area (Å²) in [6.07, 6.45) is 4.22. The smallest absolute Gasteiger partial charge is 0.127 e. The Morgan fingerprint density at radius 2 is 1.52 bits per heavy atom. The Morgan fingerprint density at radius 1 is 0.871 bits per heavy atom. The summed E-state index contributed by atoms with van der Waals surface area (Å²) < 4.78 is 0. The molecule has 1 N–H and O–H groups in total. The van der Waals surface area contributed by atoms with Crippen molar-refractivity contribution < 1.29 is 5.11 Å². The summed E-state index contributed by atoms with van der Waals surface area (Å²) in [7, 11) is 0. The summed E-state index contributed by atoms with van der Waals surface area (Å²) in [5.41, 5.74) is 7.16. The molecule has 4 heteroatoms. The third kappa shape index (κ3) is 3.64. The maximum absolute atomic E-state index is 10.5. The Labute approximate surface area is 183 Å². The molecule has 1 aliphatic carbocycles. The molecule has 0 aromatic heterocycles. The van der Waals surface area contributed by atoms with Crippen molar-refractivity contribution in [2.24, 2.45) is 5.10 Å². The molecule has 0 radical (unpaired) electrons.